The van der Waals surface area contributed by atoms with Gasteiger partial charge in [-0.15, -0.1) is 6.58 Å². The third-order valence-electron chi connectivity index (χ3n) is 2.17. The molecule has 0 saturated carbocycles. The Morgan fingerprint density at radius 3 is 2.18 bits per heavy atom. The maximum atomic E-state index is 3.86. The fraction of sp³-hybridized carbons (Fsp3) is 0.750. The van der Waals surface area contributed by atoms with Crippen molar-refractivity contribution in [3.05, 3.63) is 12.3 Å². The first-order valence-electron chi connectivity index (χ1n) is 4.26. The zero-order valence-corrected chi connectivity index (χ0v) is 8.91. The third-order valence-corrected chi connectivity index (χ3v) is 5.79. The van der Waals surface area contributed by atoms with E-state index in [1.54, 1.807) is 0 Å². The normalized spacial score (nSPS) is 11.5. The minimum Gasteiger partial charge on any atom is -0.325 e. The van der Waals surface area contributed by atoms with E-state index in [2.05, 4.69) is 29.2 Å². The highest BCUT2D eigenvalue weighted by atomic mass is 28.3. The molecule has 0 aliphatic carbocycles. The summed E-state index contributed by atoms with van der Waals surface area (Å²) in [5, 5.41) is 0. The van der Waals surface area contributed by atoms with Crippen LogP contribution in [0.5, 0.6) is 0 Å². The van der Waals surface area contributed by atoms with Crippen LogP contribution in [-0.4, -0.2) is 22.5 Å². The van der Waals surface area contributed by atoms with E-state index < -0.39 is 8.40 Å². The lowest BCUT2D eigenvalue weighted by molar-refractivity contribution is 0.837. The van der Waals surface area contributed by atoms with Gasteiger partial charge in [0.15, 0.2) is 0 Å². The molecule has 2 nitrogen and oxygen atoms in total. The fourth-order valence-electron chi connectivity index (χ4n) is 1.14. The summed E-state index contributed by atoms with van der Waals surface area (Å²) in [6.07, 6.45) is 2.53. The van der Waals surface area contributed by atoms with E-state index in [1.165, 1.54) is 18.9 Å². The molecule has 0 spiro atoms. The second-order valence-electron chi connectivity index (χ2n) is 2.78. The summed E-state index contributed by atoms with van der Waals surface area (Å²) < 4.78 is 0. The summed E-state index contributed by atoms with van der Waals surface area (Å²) in [7, 11) is 2.55. The lowest BCUT2D eigenvalue weighted by atomic mass is 10.4. The highest BCUT2D eigenvalue weighted by Gasteiger charge is 2.24. The van der Waals surface area contributed by atoms with Gasteiger partial charge in [-0.2, -0.15) is 0 Å². The molecule has 0 aliphatic heterocycles. The Hall–Kier alpha value is -0.123. The Balaban J connectivity index is 3.94. The smallest absolute Gasteiger partial charge is 0.225 e. The molecule has 3 heteroatoms. The van der Waals surface area contributed by atoms with E-state index in [-0.39, 0.29) is 0 Å². The van der Waals surface area contributed by atoms with E-state index >= 15 is 0 Å². The Morgan fingerprint density at radius 2 is 1.91 bits per heavy atom. The highest BCUT2D eigenvalue weighted by Crippen LogP contribution is 2.07. The van der Waals surface area contributed by atoms with Crippen molar-refractivity contribution in [2.24, 2.45) is 0 Å². The molecule has 0 heterocycles. The molecule has 0 radical (unpaired) electrons. The molecule has 0 saturated heterocycles. The van der Waals surface area contributed by atoms with Crippen molar-refractivity contribution >= 4 is 8.40 Å². The minimum atomic E-state index is -1.47. The maximum absolute atomic E-state index is 3.86. The first kappa shape index (κ1) is 10.9. The lowest BCUT2D eigenvalue weighted by Crippen LogP contribution is -2.58. The molecule has 0 aromatic heterocycles. The largest absolute Gasteiger partial charge is 0.325 e. The van der Waals surface area contributed by atoms with Crippen LogP contribution in [0.25, 0.3) is 0 Å². The molecule has 0 bridgehead atoms. The van der Waals surface area contributed by atoms with Gasteiger partial charge >= 0.3 is 0 Å². The third kappa shape index (κ3) is 3.18. The molecule has 66 valence electrons. The molecule has 0 rings (SSSR count). The van der Waals surface area contributed by atoms with Gasteiger partial charge in [-0.1, -0.05) is 25.5 Å². The number of hydrogen-bond donors (Lipinski definition) is 2. The standard InChI is InChI=1S/C8H20N2Si/c1-5-7-8-11(6-2,9-3)10-4/h6,9-10H,2,5,7-8H2,1,3-4H3. The zero-order valence-electron chi connectivity index (χ0n) is 7.91. The quantitative estimate of drug-likeness (QED) is 0.592. The van der Waals surface area contributed by atoms with Crippen molar-refractivity contribution in [1.82, 2.24) is 9.96 Å². The zero-order chi connectivity index (χ0) is 8.74. The van der Waals surface area contributed by atoms with Crippen LogP contribution in [-0.2, 0) is 0 Å². The summed E-state index contributed by atoms with van der Waals surface area (Å²) in [5.74, 6) is 0. The van der Waals surface area contributed by atoms with Crippen LogP contribution in [0, 0.1) is 0 Å². The Labute approximate surface area is 71.2 Å². The second kappa shape index (κ2) is 5.52. The summed E-state index contributed by atoms with van der Waals surface area (Å²) in [6, 6.07) is 1.24. The predicted octanol–water partition coefficient (Wildman–Crippen LogP) is 1.39. The Morgan fingerprint density at radius 1 is 1.36 bits per heavy atom. The van der Waals surface area contributed by atoms with Crippen LogP contribution in [0.1, 0.15) is 19.8 Å². The Bertz CT molecular complexity index is 111. The van der Waals surface area contributed by atoms with Crippen molar-refractivity contribution in [3.8, 4) is 0 Å². The molecular weight excluding hydrogens is 152 g/mol. The number of rotatable bonds is 6. The fourth-order valence-corrected chi connectivity index (χ4v) is 3.41. The molecule has 0 amide bonds. The van der Waals surface area contributed by atoms with Crippen molar-refractivity contribution in [2.45, 2.75) is 25.8 Å². The van der Waals surface area contributed by atoms with Crippen molar-refractivity contribution < 1.29 is 0 Å². The molecule has 0 aliphatic rings. The average molecular weight is 172 g/mol. The lowest BCUT2D eigenvalue weighted by Gasteiger charge is -2.25. The van der Waals surface area contributed by atoms with Gasteiger partial charge in [0.05, 0.1) is 0 Å². The van der Waals surface area contributed by atoms with Crippen LogP contribution >= 0.6 is 0 Å². The van der Waals surface area contributed by atoms with Gasteiger partial charge in [0.25, 0.3) is 0 Å². The maximum Gasteiger partial charge on any atom is 0.225 e. The van der Waals surface area contributed by atoms with Gasteiger partial charge in [-0.05, 0) is 20.1 Å². The Kier molecular flexibility index (Phi) is 5.46. The number of nitrogens with one attached hydrogen (secondary N) is 2. The molecular formula is C8H20N2Si. The summed E-state index contributed by atoms with van der Waals surface area (Å²) >= 11 is 0. The van der Waals surface area contributed by atoms with Gasteiger partial charge in [0.2, 0.25) is 8.40 Å². The van der Waals surface area contributed by atoms with Crippen LogP contribution in [0.4, 0.5) is 0 Å². The summed E-state index contributed by atoms with van der Waals surface area (Å²) in [4.78, 5) is 6.72. The van der Waals surface area contributed by atoms with Crippen LogP contribution < -0.4 is 9.96 Å². The first-order valence-corrected chi connectivity index (χ1v) is 6.54. The number of unbranched alkanes of at least 4 members (excludes halogenated alkanes) is 1. The predicted molar refractivity (Wildman–Crippen MR) is 53.8 cm³/mol. The van der Waals surface area contributed by atoms with Gasteiger partial charge < -0.3 is 9.96 Å². The van der Waals surface area contributed by atoms with Crippen molar-refractivity contribution in [1.29, 1.82) is 0 Å². The van der Waals surface area contributed by atoms with E-state index in [0.29, 0.717) is 0 Å². The summed E-state index contributed by atoms with van der Waals surface area (Å²) in [6.45, 7) is 6.08. The monoisotopic (exact) mass is 172 g/mol. The number of hydrogen-bond acceptors (Lipinski definition) is 2. The topological polar surface area (TPSA) is 24.1 Å². The molecule has 11 heavy (non-hydrogen) atoms. The average Bonchev–Trinajstić information content (AvgIpc) is 2.08. The van der Waals surface area contributed by atoms with Gasteiger partial charge in [0, 0.05) is 0 Å². The molecule has 2 N–H and O–H groups in total. The summed E-state index contributed by atoms with van der Waals surface area (Å²) in [5.41, 5.74) is 2.07. The van der Waals surface area contributed by atoms with Gasteiger partial charge in [-0.3, -0.25) is 0 Å². The van der Waals surface area contributed by atoms with Crippen LogP contribution in [0.15, 0.2) is 12.3 Å². The first-order chi connectivity index (χ1) is 5.24. The van der Waals surface area contributed by atoms with Crippen molar-refractivity contribution in [2.75, 3.05) is 14.1 Å². The molecule has 0 aromatic rings. The van der Waals surface area contributed by atoms with E-state index in [0.717, 1.165) is 0 Å². The van der Waals surface area contributed by atoms with E-state index in [1.807, 2.05) is 14.1 Å². The van der Waals surface area contributed by atoms with Crippen LogP contribution in [0.3, 0.4) is 0 Å². The molecule has 0 atom stereocenters. The molecule has 0 unspecified atom stereocenters. The highest BCUT2D eigenvalue weighted by molar-refractivity contribution is 6.79. The molecule has 0 aromatic carbocycles. The van der Waals surface area contributed by atoms with Gasteiger partial charge in [-0.25, -0.2) is 0 Å². The molecule has 0 fully saturated rings. The van der Waals surface area contributed by atoms with E-state index in [4.69, 9.17) is 0 Å². The van der Waals surface area contributed by atoms with Gasteiger partial charge in [0.1, 0.15) is 0 Å². The minimum absolute atomic E-state index is 1.24. The van der Waals surface area contributed by atoms with Crippen LogP contribution in [0.2, 0.25) is 6.04 Å². The SMILES string of the molecule is C=C[Si](CCCC)(NC)NC. The van der Waals surface area contributed by atoms with Crippen molar-refractivity contribution in [3.63, 3.8) is 0 Å². The second-order valence-corrected chi connectivity index (χ2v) is 6.63. The van der Waals surface area contributed by atoms with E-state index in [9.17, 15) is 0 Å².